The molecular weight excluding hydrogens is 254 g/mol. The molecule has 3 rings (SSSR count). The summed E-state index contributed by atoms with van der Waals surface area (Å²) in [6.07, 6.45) is 9.44. The van der Waals surface area contributed by atoms with Crippen LogP contribution in [0.2, 0.25) is 0 Å². The predicted molar refractivity (Wildman–Crippen MR) is 74.9 cm³/mol. The summed E-state index contributed by atoms with van der Waals surface area (Å²) in [5.74, 6) is 0.289. The van der Waals surface area contributed by atoms with Crippen molar-refractivity contribution >= 4 is 11.8 Å². The number of rotatable bonds is 2. The van der Waals surface area contributed by atoms with E-state index in [2.05, 4.69) is 5.32 Å². The summed E-state index contributed by atoms with van der Waals surface area (Å²) in [5.41, 5.74) is -0.235. The van der Waals surface area contributed by atoms with Gasteiger partial charge in [0, 0.05) is 24.9 Å². The Labute approximate surface area is 120 Å². The number of nitrogens with one attached hydrogen (secondary N) is 1. The van der Waals surface area contributed by atoms with Crippen molar-refractivity contribution in [1.82, 2.24) is 5.32 Å². The zero-order valence-corrected chi connectivity index (χ0v) is 12.3. The van der Waals surface area contributed by atoms with E-state index in [0.717, 1.165) is 38.5 Å². The smallest absolute Gasteiger partial charge is 0.230 e. The highest BCUT2D eigenvalue weighted by Gasteiger charge is 2.56. The summed E-state index contributed by atoms with van der Waals surface area (Å²) in [7, 11) is 1.74. The number of carbonyl (C=O) groups excluding carboxylic acids is 2. The first-order valence-electron chi connectivity index (χ1n) is 8.04. The molecule has 1 spiro atoms. The Hall–Kier alpha value is -0.900. The van der Waals surface area contributed by atoms with Crippen LogP contribution in [0.4, 0.5) is 0 Å². The Kier molecular flexibility index (Phi) is 3.85. The molecule has 1 aliphatic heterocycles. The number of piperidine rings is 1. The van der Waals surface area contributed by atoms with Crippen molar-refractivity contribution < 1.29 is 14.3 Å². The number of ether oxygens (including phenoxy) is 1. The van der Waals surface area contributed by atoms with Crippen molar-refractivity contribution in [1.29, 1.82) is 0 Å². The van der Waals surface area contributed by atoms with E-state index in [1.165, 1.54) is 12.8 Å². The first-order valence-corrected chi connectivity index (χ1v) is 8.04. The van der Waals surface area contributed by atoms with Crippen LogP contribution < -0.4 is 5.32 Å². The third-order valence-electron chi connectivity index (χ3n) is 5.81. The number of methoxy groups -OCH3 is 1. The minimum Gasteiger partial charge on any atom is -0.381 e. The van der Waals surface area contributed by atoms with Crippen molar-refractivity contribution in [2.24, 2.45) is 17.3 Å². The van der Waals surface area contributed by atoms with Crippen LogP contribution in [0.5, 0.6) is 0 Å². The molecule has 0 bridgehead atoms. The fourth-order valence-corrected chi connectivity index (χ4v) is 5.05. The molecular formula is C16H25NO3. The van der Waals surface area contributed by atoms with Gasteiger partial charge in [0.2, 0.25) is 11.8 Å². The molecule has 3 aliphatic rings. The number of hydrogen-bond acceptors (Lipinski definition) is 3. The lowest BCUT2D eigenvalue weighted by atomic mass is 9.56. The van der Waals surface area contributed by atoms with Gasteiger partial charge in [-0.1, -0.05) is 25.7 Å². The van der Waals surface area contributed by atoms with Gasteiger partial charge in [-0.2, -0.15) is 0 Å². The molecule has 0 aromatic rings. The van der Waals surface area contributed by atoms with E-state index < -0.39 is 0 Å². The first kappa shape index (κ1) is 14.1. The summed E-state index contributed by atoms with van der Waals surface area (Å²) in [6, 6.07) is 0. The number of carbonyl (C=O) groups is 2. The Bertz CT molecular complexity index is 403. The minimum atomic E-state index is -0.235. The maximum absolute atomic E-state index is 12.5. The second-order valence-electron chi connectivity index (χ2n) is 6.81. The monoisotopic (exact) mass is 279 g/mol. The fourth-order valence-electron chi connectivity index (χ4n) is 5.05. The third-order valence-corrected chi connectivity index (χ3v) is 5.81. The van der Waals surface area contributed by atoms with Gasteiger partial charge in [-0.25, -0.2) is 0 Å². The molecule has 0 aromatic heterocycles. The van der Waals surface area contributed by atoms with Crippen molar-refractivity contribution in [3.8, 4) is 0 Å². The van der Waals surface area contributed by atoms with Gasteiger partial charge in [-0.3, -0.25) is 14.9 Å². The molecule has 4 heteroatoms. The van der Waals surface area contributed by atoms with Crippen molar-refractivity contribution in [2.45, 2.75) is 63.9 Å². The van der Waals surface area contributed by atoms with Crippen LogP contribution in [0.1, 0.15) is 57.8 Å². The second-order valence-corrected chi connectivity index (χ2v) is 6.81. The van der Waals surface area contributed by atoms with E-state index in [1.807, 2.05) is 0 Å². The highest BCUT2D eigenvalue weighted by atomic mass is 16.5. The van der Waals surface area contributed by atoms with E-state index in [9.17, 15) is 9.59 Å². The van der Waals surface area contributed by atoms with Gasteiger partial charge in [-0.15, -0.1) is 0 Å². The molecule has 112 valence electrons. The van der Waals surface area contributed by atoms with Gasteiger partial charge in [-0.05, 0) is 31.6 Å². The molecule has 1 N–H and O–H groups in total. The van der Waals surface area contributed by atoms with Crippen LogP contribution in [-0.4, -0.2) is 25.0 Å². The van der Waals surface area contributed by atoms with Gasteiger partial charge in [0.25, 0.3) is 0 Å². The molecule has 3 atom stereocenters. The molecule has 1 saturated heterocycles. The van der Waals surface area contributed by atoms with Crippen LogP contribution in [0.3, 0.4) is 0 Å². The van der Waals surface area contributed by atoms with E-state index in [0.29, 0.717) is 12.3 Å². The summed E-state index contributed by atoms with van der Waals surface area (Å²) < 4.78 is 5.74. The largest absolute Gasteiger partial charge is 0.381 e. The van der Waals surface area contributed by atoms with Crippen LogP contribution in [-0.2, 0) is 14.3 Å². The Morgan fingerprint density at radius 2 is 1.80 bits per heavy atom. The van der Waals surface area contributed by atoms with Crippen LogP contribution in [0.25, 0.3) is 0 Å². The van der Waals surface area contributed by atoms with Crippen molar-refractivity contribution in [2.75, 3.05) is 7.11 Å². The highest BCUT2D eigenvalue weighted by Crippen LogP contribution is 2.53. The molecule has 4 nitrogen and oxygen atoms in total. The second kappa shape index (κ2) is 5.47. The maximum Gasteiger partial charge on any atom is 0.230 e. The lowest BCUT2D eigenvalue weighted by Gasteiger charge is -2.51. The predicted octanol–water partition coefficient (Wildman–Crippen LogP) is 2.41. The van der Waals surface area contributed by atoms with E-state index >= 15 is 0 Å². The lowest BCUT2D eigenvalue weighted by molar-refractivity contribution is -0.161. The quantitative estimate of drug-likeness (QED) is 0.790. The van der Waals surface area contributed by atoms with Gasteiger partial charge in [0.05, 0.1) is 6.10 Å². The average Bonchev–Trinajstić information content (AvgIpc) is 2.92. The van der Waals surface area contributed by atoms with E-state index in [-0.39, 0.29) is 29.3 Å². The maximum atomic E-state index is 12.5. The Morgan fingerprint density at radius 1 is 1.10 bits per heavy atom. The molecule has 2 amide bonds. The lowest BCUT2D eigenvalue weighted by Crippen LogP contribution is -2.60. The van der Waals surface area contributed by atoms with Crippen LogP contribution in [0.15, 0.2) is 0 Å². The minimum absolute atomic E-state index is 0.0204. The Morgan fingerprint density at radius 3 is 2.50 bits per heavy atom. The third kappa shape index (κ3) is 2.18. The topological polar surface area (TPSA) is 55.4 Å². The normalized spacial score (nSPS) is 39.2. The summed E-state index contributed by atoms with van der Waals surface area (Å²) >= 11 is 0. The molecule has 2 saturated carbocycles. The van der Waals surface area contributed by atoms with Gasteiger partial charge >= 0.3 is 0 Å². The summed E-state index contributed by atoms with van der Waals surface area (Å²) in [6.45, 7) is 0. The van der Waals surface area contributed by atoms with Gasteiger partial charge in [0.1, 0.15) is 0 Å². The van der Waals surface area contributed by atoms with Crippen LogP contribution in [0, 0.1) is 17.3 Å². The molecule has 2 aliphatic carbocycles. The summed E-state index contributed by atoms with van der Waals surface area (Å²) in [5, 5.41) is 2.59. The zero-order chi connectivity index (χ0) is 14.2. The standard InChI is InChI=1S/C16H25NO3/c1-20-12-8-4-5-9-16(12)10-13(18)17-15(19)14(16)11-6-2-3-7-11/h11-12,14H,2-10H2,1H3,(H,17,18,19). The SMILES string of the molecule is COC1CCCCC12CC(=O)NC(=O)C2C1CCCC1. The Balaban J connectivity index is 1.96. The van der Waals surface area contributed by atoms with E-state index in [1.54, 1.807) is 7.11 Å². The molecule has 3 fully saturated rings. The molecule has 0 aromatic carbocycles. The van der Waals surface area contributed by atoms with E-state index in [4.69, 9.17) is 4.74 Å². The van der Waals surface area contributed by atoms with Gasteiger partial charge in [0.15, 0.2) is 0 Å². The number of hydrogen-bond donors (Lipinski definition) is 1. The molecule has 20 heavy (non-hydrogen) atoms. The average molecular weight is 279 g/mol. The molecule has 0 radical (unpaired) electrons. The van der Waals surface area contributed by atoms with Gasteiger partial charge < -0.3 is 4.74 Å². The summed E-state index contributed by atoms with van der Waals surface area (Å²) in [4.78, 5) is 24.5. The fraction of sp³-hybridized carbons (Fsp3) is 0.875. The zero-order valence-electron chi connectivity index (χ0n) is 12.3. The van der Waals surface area contributed by atoms with Crippen molar-refractivity contribution in [3.05, 3.63) is 0 Å². The number of imide groups is 1. The van der Waals surface area contributed by atoms with Crippen LogP contribution >= 0.6 is 0 Å². The number of amides is 2. The highest BCUT2D eigenvalue weighted by molar-refractivity contribution is 6.00. The van der Waals surface area contributed by atoms with Crippen molar-refractivity contribution in [3.63, 3.8) is 0 Å². The molecule has 3 unspecified atom stereocenters. The first-order chi connectivity index (χ1) is 9.67. The molecule has 1 heterocycles.